The van der Waals surface area contributed by atoms with Crippen molar-refractivity contribution < 1.29 is 27.2 Å². The first-order valence-corrected chi connectivity index (χ1v) is 11.4. The summed E-state index contributed by atoms with van der Waals surface area (Å²) < 4.78 is 37.2. The van der Waals surface area contributed by atoms with Crippen molar-refractivity contribution in [2.75, 3.05) is 13.2 Å². The third kappa shape index (κ3) is 6.53. The molecule has 0 atom stereocenters. The summed E-state index contributed by atoms with van der Waals surface area (Å²) in [4.78, 5) is 24.1. The summed E-state index contributed by atoms with van der Waals surface area (Å²) in [7, 11) is -3.77. The summed E-state index contributed by atoms with van der Waals surface area (Å²) in [6, 6.07) is 16.5. The lowest BCUT2D eigenvalue weighted by Gasteiger charge is -2.09. The number of benzene rings is 2. The zero-order valence-electron chi connectivity index (χ0n) is 17.5. The molecule has 1 aromatic heterocycles. The average Bonchev–Trinajstić information content (AvgIpc) is 3.31. The highest BCUT2D eigenvalue weighted by atomic mass is 32.2. The molecule has 0 saturated carbocycles. The van der Waals surface area contributed by atoms with Crippen molar-refractivity contribution >= 4 is 21.9 Å². The Morgan fingerprint density at radius 2 is 1.75 bits per heavy atom. The van der Waals surface area contributed by atoms with Gasteiger partial charge in [-0.25, -0.2) is 17.9 Å². The van der Waals surface area contributed by atoms with Crippen LogP contribution in [0.3, 0.4) is 0 Å². The Morgan fingerprint density at radius 3 is 2.44 bits per heavy atom. The molecule has 0 aliphatic rings. The van der Waals surface area contributed by atoms with E-state index in [1.807, 2.05) is 31.2 Å². The van der Waals surface area contributed by atoms with Crippen molar-refractivity contribution in [3.8, 4) is 0 Å². The lowest BCUT2D eigenvalue weighted by molar-refractivity contribution is -0.124. The van der Waals surface area contributed by atoms with Crippen LogP contribution in [-0.4, -0.2) is 33.4 Å². The maximum atomic E-state index is 12.3. The summed E-state index contributed by atoms with van der Waals surface area (Å²) in [6.45, 7) is 2.03. The van der Waals surface area contributed by atoms with Gasteiger partial charge < -0.3 is 14.5 Å². The highest BCUT2D eigenvalue weighted by molar-refractivity contribution is 7.89. The summed E-state index contributed by atoms with van der Waals surface area (Å²) in [6.07, 6.45) is 2.13. The fourth-order valence-corrected chi connectivity index (χ4v) is 3.92. The first kappa shape index (κ1) is 23.2. The number of nitrogens with one attached hydrogen (secondary N) is 2. The van der Waals surface area contributed by atoms with E-state index in [2.05, 4.69) is 10.0 Å². The van der Waals surface area contributed by atoms with Crippen molar-refractivity contribution in [1.82, 2.24) is 10.0 Å². The monoisotopic (exact) mass is 456 g/mol. The molecule has 0 spiro atoms. The summed E-state index contributed by atoms with van der Waals surface area (Å²) in [5.74, 6) is -0.647. The number of esters is 1. The molecular weight excluding hydrogens is 432 g/mol. The van der Waals surface area contributed by atoms with Gasteiger partial charge in [0.1, 0.15) is 5.76 Å². The SMILES string of the molecule is Cc1ccccc1CCNC(=O)COC(=O)c1ccc(S(=O)(=O)NCc2ccco2)cc1. The highest BCUT2D eigenvalue weighted by Crippen LogP contribution is 2.12. The molecule has 0 fully saturated rings. The van der Waals surface area contributed by atoms with Crippen LogP contribution >= 0.6 is 0 Å². The third-order valence-electron chi connectivity index (χ3n) is 4.73. The summed E-state index contributed by atoms with van der Waals surface area (Å²) >= 11 is 0. The molecule has 1 heterocycles. The van der Waals surface area contributed by atoms with Gasteiger partial charge in [0.15, 0.2) is 6.61 Å². The second kappa shape index (κ2) is 10.7. The average molecular weight is 457 g/mol. The topological polar surface area (TPSA) is 115 Å². The number of hydrogen-bond acceptors (Lipinski definition) is 6. The normalized spacial score (nSPS) is 11.2. The Labute approximate surface area is 186 Å². The number of ether oxygens (including phenoxy) is 1. The van der Waals surface area contributed by atoms with E-state index in [0.29, 0.717) is 18.7 Å². The molecule has 0 saturated heterocycles. The molecule has 2 aromatic carbocycles. The molecule has 0 aliphatic carbocycles. The fraction of sp³-hybridized carbons (Fsp3) is 0.217. The second-order valence-corrected chi connectivity index (χ2v) is 8.80. The Morgan fingerprint density at radius 1 is 1.00 bits per heavy atom. The maximum absolute atomic E-state index is 12.3. The molecule has 0 unspecified atom stereocenters. The van der Waals surface area contributed by atoms with Gasteiger partial charge in [-0.3, -0.25) is 4.79 Å². The standard InChI is InChI=1S/C23H24N2O6S/c1-17-5-2-3-6-18(17)12-13-24-22(26)16-31-23(27)19-8-10-21(11-9-19)32(28,29)25-15-20-7-4-14-30-20/h2-11,14,25H,12-13,15-16H2,1H3,(H,24,26). The van der Waals surface area contributed by atoms with Gasteiger partial charge in [-0.2, -0.15) is 0 Å². The molecule has 3 aromatic rings. The minimum Gasteiger partial charge on any atom is -0.468 e. The van der Waals surface area contributed by atoms with E-state index in [4.69, 9.17) is 9.15 Å². The number of furan rings is 1. The molecule has 168 valence electrons. The first-order valence-electron chi connectivity index (χ1n) is 9.95. The maximum Gasteiger partial charge on any atom is 0.338 e. The van der Waals surface area contributed by atoms with E-state index in [0.717, 1.165) is 11.1 Å². The van der Waals surface area contributed by atoms with Gasteiger partial charge in [0, 0.05) is 6.54 Å². The highest BCUT2D eigenvalue weighted by Gasteiger charge is 2.16. The van der Waals surface area contributed by atoms with E-state index >= 15 is 0 Å². The molecular formula is C23H24N2O6S. The van der Waals surface area contributed by atoms with E-state index in [1.54, 1.807) is 12.1 Å². The minimum absolute atomic E-state index is 0.00504. The first-order chi connectivity index (χ1) is 15.3. The number of aryl methyl sites for hydroxylation is 1. The van der Waals surface area contributed by atoms with Crippen molar-refractivity contribution in [2.24, 2.45) is 0 Å². The van der Waals surface area contributed by atoms with Crippen molar-refractivity contribution in [3.05, 3.63) is 89.4 Å². The molecule has 1 amide bonds. The number of amides is 1. The van der Waals surface area contributed by atoms with E-state index < -0.39 is 28.5 Å². The second-order valence-electron chi connectivity index (χ2n) is 7.03. The van der Waals surface area contributed by atoms with Crippen molar-refractivity contribution in [2.45, 2.75) is 24.8 Å². The molecule has 0 aliphatic heterocycles. The molecule has 32 heavy (non-hydrogen) atoms. The van der Waals surface area contributed by atoms with Gasteiger partial charge in [-0.05, 0) is 60.9 Å². The van der Waals surface area contributed by atoms with Crippen LogP contribution in [0.25, 0.3) is 0 Å². The summed E-state index contributed by atoms with van der Waals surface area (Å²) in [5.41, 5.74) is 2.43. The molecule has 8 nitrogen and oxygen atoms in total. The van der Waals surface area contributed by atoms with Crippen LogP contribution in [0.5, 0.6) is 0 Å². The van der Waals surface area contributed by atoms with Gasteiger partial charge in [-0.15, -0.1) is 0 Å². The minimum atomic E-state index is -3.77. The van der Waals surface area contributed by atoms with Crippen LogP contribution < -0.4 is 10.0 Å². The predicted molar refractivity (Wildman–Crippen MR) is 117 cm³/mol. The Balaban J connectivity index is 1.44. The van der Waals surface area contributed by atoms with E-state index in [-0.39, 0.29) is 17.0 Å². The zero-order chi connectivity index (χ0) is 23.0. The van der Waals surface area contributed by atoms with E-state index in [1.165, 1.54) is 30.5 Å². The zero-order valence-corrected chi connectivity index (χ0v) is 18.4. The predicted octanol–water partition coefficient (Wildman–Crippen LogP) is 2.58. The van der Waals surface area contributed by atoms with Crippen molar-refractivity contribution in [3.63, 3.8) is 0 Å². The van der Waals surface area contributed by atoms with Crippen LogP contribution in [0.2, 0.25) is 0 Å². The van der Waals surface area contributed by atoms with Gasteiger partial charge in [-0.1, -0.05) is 24.3 Å². The summed E-state index contributed by atoms with van der Waals surface area (Å²) in [5, 5.41) is 2.71. The molecule has 3 rings (SSSR count). The number of sulfonamides is 1. The largest absolute Gasteiger partial charge is 0.468 e. The lowest BCUT2D eigenvalue weighted by atomic mass is 10.1. The Hall–Kier alpha value is -3.43. The van der Waals surface area contributed by atoms with Gasteiger partial charge in [0.25, 0.3) is 5.91 Å². The lowest BCUT2D eigenvalue weighted by Crippen LogP contribution is -2.30. The number of hydrogen-bond donors (Lipinski definition) is 2. The smallest absolute Gasteiger partial charge is 0.338 e. The number of carbonyl (C=O) groups excluding carboxylic acids is 2. The van der Waals surface area contributed by atoms with E-state index in [9.17, 15) is 18.0 Å². The number of carbonyl (C=O) groups is 2. The van der Waals surface area contributed by atoms with Gasteiger partial charge in [0.05, 0.1) is 23.3 Å². The van der Waals surface area contributed by atoms with Crippen LogP contribution in [0.4, 0.5) is 0 Å². The quantitative estimate of drug-likeness (QED) is 0.453. The van der Waals surface area contributed by atoms with Crippen molar-refractivity contribution in [1.29, 1.82) is 0 Å². The third-order valence-corrected chi connectivity index (χ3v) is 6.15. The van der Waals surface area contributed by atoms with Crippen LogP contribution in [0.15, 0.2) is 76.2 Å². The number of rotatable bonds is 10. The van der Waals surface area contributed by atoms with Crippen LogP contribution in [0.1, 0.15) is 27.2 Å². The molecule has 2 N–H and O–H groups in total. The molecule has 9 heteroatoms. The Kier molecular flexibility index (Phi) is 7.80. The van der Waals surface area contributed by atoms with Gasteiger partial charge in [0.2, 0.25) is 10.0 Å². The van der Waals surface area contributed by atoms with Crippen LogP contribution in [-0.2, 0) is 32.5 Å². The Bertz CT molecular complexity index is 1160. The van der Waals surface area contributed by atoms with Crippen LogP contribution in [0, 0.1) is 6.92 Å². The molecule has 0 radical (unpaired) electrons. The molecule has 0 bridgehead atoms. The fourth-order valence-electron chi connectivity index (χ4n) is 2.93. The van der Waals surface area contributed by atoms with Gasteiger partial charge >= 0.3 is 5.97 Å².